The number of hydrogen-bond donors (Lipinski definition) is 2. The first kappa shape index (κ1) is 26.0. The Balaban J connectivity index is 1.36. The molecule has 10 heteroatoms. The van der Waals surface area contributed by atoms with Crippen LogP contribution in [-0.4, -0.2) is 37.3 Å². The second kappa shape index (κ2) is 10.9. The molecular weight excluding hydrogens is 487 g/mol. The van der Waals surface area contributed by atoms with E-state index in [9.17, 15) is 33.0 Å². The van der Waals surface area contributed by atoms with Crippen molar-refractivity contribution in [2.24, 2.45) is 5.92 Å². The molecule has 0 radical (unpaired) electrons. The molecule has 1 aromatic heterocycles. The summed E-state index contributed by atoms with van der Waals surface area (Å²) in [4.78, 5) is 24.4. The lowest BCUT2D eigenvalue weighted by molar-refractivity contribution is -0.146. The first-order chi connectivity index (χ1) is 17.6. The Morgan fingerprint density at radius 2 is 1.54 bits per heavy atom. The predicted octanol–water partition coefficient (Wildman–Crippen LogP) is 4.56. The number of aromatic nitrogens is 3. The van der Waals surface area contributed by atoms with Crippen LogP contribution < -0.4 is 5.56 Å². The summed E-state index contributed by atoms with van der Waals surface area (Å²) < 4.78 is 39.4. The fourth-order valence-electron chi connectivity index (χ4n) is 4.14. The molecule has 4 rings (SSSR count). The third kappa shape index (κ3) is 6.21. The first-order valence-corrected chi connectivity index (χ1v) is 11.6. The molecule has 0 aliphatic carbocycles. The highest BCUT2D eigenvalue weighted by atomic mass is 19.4. The fraction of sp³-hybridized carbons (Fsp3) is 0.259. The molecule has 4 aromatic rings. The van der Waals surface area contributed by atoms with Crippen LogP contribution in [0.4, 0.5) is 13.2 Å². The van der Waals surface area contributed by atoms with E-state index in [0.717, 1.165) is 27.9 Å². The zero-order valence-electron chi connectivity index (χ0n) is 19.6. The van der Waals surface area contributed by atoms with Crippen LogP contribution in [-0.2, 0) is 23.9 Å². The van der Waals surface area contributed by atoms with Gasteiger partial charge in [0.25, 0.3) is 5.56 Å². The van der Waals surface area contributed by atoms with Gasteiger partial charge >= 0.3 is 12.1 Å². The van der Waals surface area contributed by atoms with Crippen LogP contribution in [0.25, 0.3) is 22.0 Å². The number of halogens is 3. The number of carboxylic acid groups (broad SMARTS) is 1. The average Bonchev–Trinajstić information content (AvgIpc) is 2.88. The highest BCUT2D eigenvalue weighted by Gasteiger charge is 2.30. The standard InChI is InChI=1S/C27H24F3N3O4/c28-27(29,30)20-12-10-19(11-13-20)18-8-5-17(6-9-18)7-14-24(34)22(26(36)37)15-16-33-25(35)21-3-1-2-4-23(21)31-32-33/h1-6,8-13,22,24,34H,7,14-16H2,(H,36,37)/t22-,24-/m1/s1. The summed E-state index contributed by atoms with van der Waals surface area (Å²) in [6.45, 7) is -0.00742. The predicted molar refractivity (Wildman–Crippen MR) is 131 cm³/mol. The summed E-state index contributed by atoms with van der Waals surface area (Å²) >= 11 is 0. The molecular formula is C27H24F3N3O4. The summed E-state index contributed by atoms with van der Waals surface area (Å²) in [6.07, 6.45) is -4.98. The summed E-state index contributed by atoms with van der Waals surface area (Å²) in [5.41, 5.74) is 1.57. The van der Waals surface area contributed by atoms with Crippen LogP contribution in [0, 0.1) is 5.92 Å². The molecule has 2 atom stereocenters. The van der Waals surface area contributed by atoms with Gasteiger partial charge < -0.3 is 10.2 Å². The number of carbonyl (C=O) groups is 1. The smallest absolute Gasteiger partial charge is 0.416 e. The van der Waals surface area contributed by atoms with Crippen molar-refractivity contribution in [2.75, 3.05) is 0 Å². The van der Waals surface area contributed by atoms with Gasteiger partial charge in [0.1, 0.15) is 5.52 Å². The number of alkyl halides is 3. The van der Waals surface area contributed by atoms with E-state index in [2.05, 4.69) is 10.3 Å². The lowest BCUT2D eigenvalue weighted by Gasteiger charge is -2.19. The van der Waals surface area contributed by atoms with Crippen molar-refractivity contribution >= 4 is 16.9 Å². The van der Waals surface area contributed by atoms with Crippen molar-refractivity contribution in [3.63, 3.8) is 0 Å². The first-order valence-electron chi connectivity index (χ1n) is 11.6. The largest absolute Gasteiger partial charge is 0.481 e. The minimum atomic E-state index is -4.39. The van der Waals surface area contributed by atoms with Crippen molar-refractivity contribution in [3.05, 3.63) is 94.3 Å². The zero-order valence-corrected chi connectivity index (χ0v) is 19.6. The van der Waals surface area contributed by atoms with Crippen molar-refractivity contribution in [1.29, 1.82) is 0 Å². The van der Waals surface area contributed by atoms with Crippen LogP contribution >= 0.6 is 0 Å². The van der Waals surface area contributed by atoms with Crippen molar-refractivity contribution in [3.8, 4) is 11.1 Å². The number of rotatable bonds is 9. The number of aliphatic carboxylic acids is 1. The normalized spacial score (nSPS) is 13.4. The Labute approximate surface area is 209 Å². The Bertz CT molecular complexity index is 1430. The number of fused-ring (bicyclic) bond motifs is 1. The molecule has 1 heterocycles. The second-order valence-electron chi connectivity index (χ2n) is 8.75. The molecule has 3 aromatic carbocycles. The summed E-state index contributed by atoms with van der Waals surface area (Å²) in [5.74, 6) is -2.28. The maximum atomic E-state index is 12.8. The van der Waals surface area contributed by atoms with Crippen molar-refractivity contribution < 1.29 is 28.2 Å². The molecule has 0 spiro atoms. The van der Waals surface area contributed by atoms with E-state index in [1.54, 1.807) is 48.5 Å². The number of aliphatic hydroxyl groups is 1. The van der Waals surface area contributed by atoms with Gasteiger partial charge in [0, 0.05) is 6.54 Å². The topological polar surface area (TPSA) is 105 Å². The van der Waals surface area contributed by atoms with Crippen molar-refractivity contribution in [1.82, 2.24) is 15.0 Å². The van der Waals surface area contributed by atoms with Crippen molar-refractivity contribution in [2.45, 2.75) is 38.1 Å². The summed E-state index contributed by atoms with van der Waals surface area (Å²) in [6, 6.07) is 18.7. The lowest BCUT2D eigenvalue weighted by Crippen LogP contribution is -2.32. The minimum absolute atomic E-state index is 0.00368. The number of aryl methyl sites for hydroxylation is 2. The van der Waals surface area contributed by atoms with E-state index in [1.807, 2.05) is 0 Å². The van der Waals surface area contributed by atoms with E-state index < -0.39 is 29.7 Å². The third-order valence-corrected chi connectivity index (χ3v) is 6.29. The van der Waals surface area contributed by atoms with Crippen LogP contribution in [0.5, 0.6) is 0 Å². The van der Waals surface area contributed by atoms with Gasteiger partial charge in [-0.1, -0.05) is 53.7 Å². The van der Waals surface area contributed by atoms with E-state index >= 15 is 0 Å². The number of benzene rings is 3. The van der Waals surface area contributed by atoms with Gasteiger partial charge in [-0.15, -0.1) is 5.10 Å². The maximum Gasteiger partial charge on any atom is 0.416 e. The molecule has 0 unspecified atom stereocenters. The quantitative estimate of drug-likeness (QED) is 0.341. The van der Waals surface area contributed by atoms with Crippen LogP contribution in [0.3, 0.4) is 0 Å². The highest BCUT2D eigenvalue weighted by molar-refractivity contribution is 5.76. The molecule has 7 nitrogen and oxygen atoms in total. The minimum Gasteiger partial charge on any atom is -0.481 e. The molecule has 0 aliphatic rings. The van der Waals surface area contributed by atoms with Gasteiger partial charge in [-0.25, -0.2) is 4.68 Å². The van der Waals surface area contributed by atoms with E-state index in [4.69, 9.17) is 0 Å². The number of carboxylic acids is 1. The number of hydrogen-bond acceptors (Lipinski definition) is 5. The van der Waals surface area contributed by atoms with Crippen LogP contribution in [0.1, 0.15) is 24.0 Å². The Morgan fingerprint density at radius 3 is 2.16 bits per heavy atom. The van der Waals surface area contributed by atoms with E-state index in [1.165, 1.54) is 12.1 Å². The highest BCUT2D eigenvalue weighted by Crippen LogP contribution is 2.31. The third-order valence-electron chi connectivity index (χ3n) is 6.29. The van der Waals surface area contributed by atoms with Gasteiger partial charge in [-0.05, 0) is 60.2 Å². The Kier molecular flexibility index (Phi) is 7.68. The second-order valence-corrected chi connectivity index (χ2v) is 8.75. The molecule has 0 bridgehead atoms. The Hall–Kier alpha value is -4.05. The molecule has 37 heavy (non-hydrogen) atoms. The molecule has 2 N–H and O–H groups in total. The maximum absolute atomic E-state index is 12.8. The average molecular weight is 512 g/mol. The van der Waals surface area contributed by atoms with Crippen LogP contribution in [0.2, 0.25) is 0 Å². The summed E-state index contributed by atoms with van der Waals surface area (Å²) in [7, 11) is 0. The SMILES string of the molecule is O=C(O)[C@H](CCn1nnc2ccccc2c1=O)[C@H](O)CCc1ccc(-c2ccc(C(F)(F)F)cc2)cc1. The molecule has 0 amide bonds. The molecule has 0 fully saturated rings. The van der Waals surface area contributed by atoms with E-state index in [-0.39, 0.29) is 24.9 Å². The van der Waals surface area contributed by atoms with Gasteiger partial charge in [0.2, 0.25) is 0 Å². The molecule has 0 saturated heterocycles. The lowest BCUT2D eigenvalue weighted by atomic mass is 9.93. The summed E-state index contributed by atoms with van der Waals surface area (Å²) in [5, 5.41) is 28.5. The van der Waals surface area contributed by atoms with Gasteiger partial charge in [-0.2, -0.15) is 13.2 Å². The number of nitrogens with zero attached hydrogens (tertiary/aromatic N) is 3. The molecule has 0 saturated carbocycles. The monoisotopic (exact) mass is 511 g/mol. The fourth-order valence-corrected chi connectivity index (χ4v) is 4.14. The van der Waals surface area contributed by atoms with Gasteiger partial charge in [0.15, 0.2) is 0 Å². The van der Waals surface area contributed by atoms with Gasteiger partial charge in [0.05, 0.1) is 23.0 Å². The van der Waals surface area contributed by atoms with E-state index in [0.29, 0.717) is 22.9 Å². The van der Waals surface area contributed by atoms with Crippen LogP contribution in [0.15, 0.2) is 77.6 Å². The zero-order chi connectivity index (χ0) is 26.6. The Morgan fingerprint density at radius 1 is 0.919 bits per heavy atom. The van der Waals surface area contributed by atoms with Gasteiger partial charge in [-0.3, -0.25) is 9.59 Å². The molecule has 0 aliphatic heterocycles. The molecule has 192 valence electrons. The number of aliphatic hydroxyl groups excluding tert-OH is 1.